The maximum Gasteiger partial charge on any atom is 0.224 e. The van der Waals surface area contributed by atoms with Gasteiger partial charge in [0.15, 0.2) is 9.84 Å². The van der Waals surface area contributed by atoms with Gasteiger partial charge in [-0.3, -0.25) is 0 Å². The molecule has 0 atom stereocenters. The molecule has 0 aromatic carbocycles. The summed E-state index contributed by atoms with van der Waals surface area (Å²) in [6, 6.07) is 1.49. The van der Waals surface area contributed by atoms with Gasteiger partial charge in [-0.25, -0.2) is 18.4 Å². The van der Waals surface area contributed by atoms with E-state index in [0.29, 0.717) is 18.1 Å². The molecule has 1 rings (SSSR count). The zero-order valence-corrected chi connectivity index (χ0v) is 10.2. The normalized spacial score (nSPS) is 11.4. The Hall–Kier alpha value is -0.920. The molecular weight excluding hydrogens is 254 g/mol. The second-order valence-electron chi connectivity index (χ2n) is 3.23. The molecule has 1 aromatic heterocycles. The summed E-state index contributed by atoms with van der Waals surface area (Å²) in [6.07, 6.45) is 1.11. The smallest absolute Gasteiger partial charge is 0.224 e. The molecule has 0 spiro atoms. The first kappa shape index (κ1) is 13.1. The molecule has 0 bridgehead atoms. The molecule has 1 aromatic rings. The molecule has 16 heavy (non-hydrogen) atoms. The Kier molecular flexibility index (Phi) is 4.45. The molecule has 8 heteroatoms. The fourth-order valence-corrected chi connectivity index (χ4v) is 1.97. The summed E-state index contributed by atoms with van der Waals surface area (Å²) in [4.78, 5) is 7.64. The van der Waals surface area contributed by atoms with Crippen molar-refractivity contribution >= 4 is 27.3 Å². The van der Waals surface area contributed by atoms with Crippen molar-refractivity contribution in [3.63, 3.8) is 0 Å². The predicted molar refractivity (Wildman–Crippen MR) is 61.2 cm³/mol. The first-order chi connectivity index (χ1) is 7.40. The van der Waals surface area contributed by atoms with Crippen molar-refractivity contribution < 1.29 is 13.5 Å². The van der Waals surface area contributed by atoms with Crippen LogP contribution in [0.2, 0.25) is 5.28 Å². The number of nitrogens with one attached hydrogen (secondary N) is 1. The summed E-state index contributed by atoms with van der Waals surface area (Å²) in [5, 5.41) is 11.4. The molecule has 0 saturated carbocycles. The van der Waals surface area contributed by atoms with Gasteiger partial charge in [-0.2, -0.15) is 0 Å². The van der Waals surface area contributed by atoms with Gasteiger partial charge in [0.1, 0.15) is 5.82 Å². The third-order valence-corrected chi connectivity index (χ3v) is 2.57. The lowest BCUT2D eigenvalue weighted by Crippen LogP contribution is -2.09. The number of hydrogen-bond donors (Lipinski definition) is 2. The highest BCUT2D eigenvalue weighted by molar-refractivity contribution is 7.89. The number of hydrogen-bond acceptors (Lipinski definition) is 6. The number of halogens is 1. The van der Waals surface area contributed by atoms with Crippen LogP contribution in [0.15, 0.2) is 6.07 Å². The third-order valence-electron chi connectivity index (χ3n) is 1.58. The van der Waals surface area contributed by atoms with E-state index in [1.165, 1.54) is 6.07 Å². The molecule has 0 amide bonds. The van der Waals surface area contributed by atoms with Crippen molar-refractivity contribution in [3.8, 4) is 0 Å². The zero-order chi connectivity index (χ0) is 12.2. The van der Waals surface area contributed by atoms with Crippen LogP contribution in [0.3, 0.4) is 0 Å². The maximum atomic E-state index is 11.1. The zero-order valence-electron chi connectivity index (χ0n) is 8.64. The van der Waals surface area contributed by atoms with E-state index in [1.807, 2.05) is 0 Å². The average molecular weight is 266 g/mol. The van der Waals surface area contributed by atoms with Crippen LogP contribution in [0.5, 0.6) is 0 Å². The van der Waals surface area contributed by atoms with Crippen molar-refractivity contribution in [1.29, 1.82) is 0 Å². The van der Waals surface area contributed by atoms with E-state index in [9.17, 15) is 8.42 Å². The van der Waals surface area contributed by atoms with E-state index in [4.69, 9.17) is 16.7 Å². The molecule has 90 valence electrons. The van der Waals surface area contributed by atoms with Crippen LogP contribution in [0.25, 0.3) is 0 Å². The number of anilines is 1. The van der Waals surface area contributed by atoms with Crippen molar-refractivity contribution in [3.05, 3.63) is 17.0 Å². The number of sulfone groups is 1. The van der Waals surface area contributed by atoms with Crippen molar-refractivity contribution in [1.82, 2.24) is 9.97 Å². The number of rotatable bonds is 5. The Balaban J connectivity index is 2.89. The Morgan fingerprint density at radius 1 is 1.50 bits per heavy atom. The molecule has 0 saturated heterocycles. The van der Waals surface area contributed by atoms with Crippen molar-refractivity contribution in [2.24, 2.45) is 0 Å². The summed E-state index contributed by atoms with van der Waals surface area (Å²) >= 11 is 5.64. The third kappa shape index (κ3) is 4.73. The van der Waals surface area contributed by atoms with Crippen molar-refractivity contribution in [2.45, 2.75) is 5.75 Å². The summed E-state index contributed by atoms with van der Waals surface area (Å²) in [5.41, 5.74) is 0.322. The van der Waals surface area contributed by atoms with Gasteiger partial charge in [-0.05, 0) is 11.6 Å². The van der Waals surface area contributed by atoms with Gasteiger partial charge in [0.25, 0.3) is 0 Å². The Labute approximate surface area is 98.6 Å². The molecule has 0 unspecified atom stereocenters. The minimum absolute atomic E-state index is 0.0263. The molecular formula is C8H12ClN3O3S. The second kappa shape index (κ2) is 5.42. The van der Waals surface area contributed by atoms with Crippen LogP contribution in [-0.4, -0.2) is 42.9 Å². The number of aromatic nitrogens is 2. The summed E-state index contributed by atoms with van der Waals surface area (Å²) in [6.45, 7) is 0.259. The highest BCUT2D eigenvalue weighted by Crippen LogP contribution is 2.12. The van der Waals surface area contributed by atoms with E-state index < -0.39 is 9.84 Å². The average Bonchev–Trinajstić information content (AvgIpc) is 2.10. The lowest BCUT2D eigenvalue weighted by atomic mass is 10.4. The van der Waals surface area contributed by atoms with Crippen LogP contribution in [0.4, 0.5) is 5.82 Å². The van der Waals surface area contributed by atoms with Gasteiger partial charge in [-0.15, -0.1) is 0 Å². The fourth-order valence-electron chi connectivity index (χ4n) is 1.08. The molecule has 0 aliphatic rings. The van der Waals surface area contributed by atoms with E-state index in [1.54, 1.807) is 0 Å². The van der Waals surface area contributed by atoms with Gasteiger partial charge in [0.05, 0.1) is 18.1 Å². The Morgan fingerprint density at radius 3 is 2.75 bits per heavy atom. The van der Waals surface area contributed by atoms with E-state index >= 15 is 0 Å². The lowest BCUT2D eigenvalue weighted by Gasteiger charge is -2.05. The second-order valence-corrected chi connectivity index (χ2v) is 5.71. The lowest BCUT2D eigenvalue weighted by molar-refractivity contribution is 0.311. The van der Waals surface area contributed by atoms with E-state index in [0.717, 1.165) is 6.26 Å². The predicted octanol–water partition coefficient (Wildman–Crippen LogP) is 0.0788. The van der Waals surface area contributed by atoms with Crippen LogP contribution in [0.1, 0.15) is 5.69 Å². The van der Waals surface area contributed by atoms with Crippen LogP contribution in [0, 0.1) is 0 Å². The number of aliphatic hydroxyl groups is 1. The van der Waals surface area contributed by atoms with Gasteiger partial charge in [0, 0.05) is 18.9 Å². The highest BCUT2D eigenvalue weighted by atomic mass is 35.5. The minimum Gasteiger partial charge on any atom is -0.395 e. The summed E-state index contributed by atoms with van der Waals surface area (Å²) < 4.78 is 22.1. The standard InChI is InChI=1S/C8H12ClN3O3S/c1-16(14,15)5-6-4-7(10-2-3-13)12-8(9)11-6/h4,13H,2-3,5H2,1H3,(H,10,11,12). The molecule has 0 aliphatic carbocycles. The first-order valence-electron chi connectivity index (χ1n) is 4.46. The first-order valence-corrected chi connectivity index (χ1v) is 6.90. The molecule has 1 heterocycles. The summed E-state index contributed by atoms with van der Waals surface area (Å²) in [5.74, 6) is 0.205. The molecule has 0 aliphatic heterocycles. The van der Waals surface area contributed by atoms with Crippen LogP contribution >= 0.6 is 11.6 Å². The van der Waals surface area contributed by atoms with Gasteiger partial charge < -0.3 is 10.4 Å². The largest absolute Gasteiger partial charge is 0.395 e. The van der Waals surface area contributed by atoms with Gasteiger partial charge in [0.2, 0.25) is 5.28 Å². The fraction of sp³-hybridized carbons (Fsp3) is 0.500. The summed E-state index contributed by atoms with van der Waals surface area (Å²) in [7, 11) is -3.16. The minimum atomic E-state index is -3.16. The molecule has 0 fully saturated rings. The highest BCUT2D eigenvalue weighted by Gasteiger charge is 2.09. The van der Waals surface area contributed by atoms with Crippen molar-refractivity contribution in [2.75, 3.05) is 24.7 Å². The number of aliphatic hydroxyl groups excluding tert-OH is 1. The Morgan fingerprint density at radius 2 is 2.19 bits per heavy atom. The quantitative estimate of drug-likeness (QED) is 0.733. The Bertz CT molecular complexity index is 464. The van der Waals surface area contributed by atoms with E-state index in [-0.39, 0.29) is 17.6 Å². The molecule has 2 N–H and O–H groups in total. The number of nitrogens with zero attached hydrogens (tertiary/aromatic N) is 2. The van der Waals surface area contributed by atoms with Gasteiger partial charge >= 0.3 is 0 Å². The van der Waals surface area contributed by atoms with Crippen LogP contribution in [-0.2, 0) is 15.6 Å². The molecule has 6 nitrogen and oxygen atoms in total. The van der Waals surface area contributed by atoms with Gasteiger partial charge in [-0.1, -0.05) is 0 Å². The van der Waals surface area contributed by atoms with Crippen LogP contribution < -0.4 is 5.32 Å². The topological polar surface area (TPSA) is 92.2 Å². The SMILES string of the molecule is CS(=O)(=O)Cc1cc(NCCO)nc(Cl)n1. The molecule has 0 radical (unpaired) electrons. The van der Waals surface area contributed by atoms with E-state index in [2.05, 4.69) is 15.3 Å². The monoisotopic (exact) mass is 265 g/mol. The maximum absolute atomic E-state index is 11.1.